The van der Waals surface area contributed by atoms with Gasteiger partial charge in [0.2, 0.25) is 5.91 Å². The van der Waals surface area contributed by atoms with Crippen molar-refractivity contribution in [2.75, 3.05) is 24.3 Å². The fraction of sp³-hybridized carbons (Fsp3) is 0.533. The number of carbonyl (C=O) groups is 1. The van der Waals surface area contributed by atoms with Gasteiger partial charge in [0, 0.05) is 18.0 Å². The highest BCUT2D eigenvalue weighted by atomic mass is 16.5. The maximum Gasteiger partial charge on any atom is 0.226 e. The Morgan fingerprint density at radius 3 is 2.84 bits per heavy atom. The smallest absolute Gasteiger partial charge is 0.226 e. The molecule has 1 amide bonds. The first kappa shape index (κ1) is 15.5. The predicted molar refractivity (Wildman–Crippen MR) is 79.1 cm³/mol. The molecular weight excluding hydrogens is 240 g/mol. The van der Waals surface area contributed by atoms with E-state index in [2.05, 4.69) is 12.2 Å². The van der Waals surface area contributed by atoms with Crippen LogP contribution in [0.3, 0.4) is 0 Å². The van der Waals surface area contributed by atoms with Crippen LogP contribution in [0.2, 0.25) is 0 Å². The lowest BCUT2D eigenvalue weighted by Crippen LogP contribution is -2.14. The molecule has 1 aromatic rings. The van der Waals surface area contributed by atoms with E-state index in [0.717, 1.165) is 18.7 Å². The highest BCUT2D eigenvalue weighted by molar-refractivity contribution is 5.91. The molecule has 0 radical (unpaired) electrons. The summed E-state index contributed by atoms with van der Waals surface area (Å²) in [5, 5.41) is 2.80. The second-order valence-corrected chi connectivity index (χ2v) is 4.60. The molecule has 0 aromatic heterocycles. The van der Waals surface area contributed by atoms with Gasteiger partial charge in [-0.3, -0.25) is 4.79 Å². The minimum atomic E-state index is -0.0424. The summed E-state index contributed by atoms with van der Waals surface area (Å²) in [5.74, 6) is -0.0424. The number of unbranched alkanes of at least 4 members (excludes halogenated alkanes) is 3. The topological polar surface area (TPSA) is 64.3 Å². The molecule has 3 N–H and O–H groups in total. The molecule has 106 valence electrons. The highest BCUT2D eigenvalue weighted by Crippen LogP contribution is 2.11. The molecule has 0 unspecified atom stereocenters. The summed E-state index contributed by atoms with van der Waals surface area (Å²) < 4.78 is 5.43. The fourth-order valence-electron chi connectivity index (χ4n) is 1.74. The number of ether oxygens (including phenoxy) is 1. The number of nitrogens with two attached hydrogens (primary N) is 1. The summed E-state index contributed by atoms with van der Waals surface area (Å²) in [5.41, 5.74) is 7.01. The monoisotopic (exact) mass is 264 g/mol. The quantitative estimate of drug-likeness (QED) is 0.532. The second-order valence-electron chi connectivity index (χ2n) is 4.60. The van der Waals surface area contributed by atoms with Gasteiger partial charge >= 0.3 is 0 Å². The number of anilines is 2. The summed E-state index contributed by atoms with van der Waals surface area (Å²) in [6.45, 7) is 3.40. The van der Waals surface area contributed by atoms with Gasteiger partial charge in [0.05, 0.1) is 13.0 Å². The van der Waals surface area contributed by atoms with Gasteiger partial charge in [-0.25, -0.2) is 0 Å². The predicted octanol–water partition coefficient (Wildman–Crippen LogP) is 3.19. The van der Waals surface area contributed by atoms with Gasteiger partial charge in [-0.1, -0.05) is 32.3 Å². The SMILES string of the molecule is CCCCCCOCCC(=O)Nc1cccc(N)c1. The van der Waals surface area contributed by atoms with Crippen LogP contribution in [0.1, 0.15) is 39.0 Å². The number of nitrogens with one attached hydrogen (secondary N) is 1. The first-order chi connectivity index (χ1) is 9.22. The van der Waals surface area contributed by atoms with Crippen LogP contribution in [0.4, 0.5) is 11.4 Å². The second kappa shape index (κ2) is 9.39. The van der Waals surface area contributed by atoms with Crippen LogP contribution in [0.15, 0.2) is 24.3 Å². The zero-order valence-electron chi connectivity index (χ0n) is 11.7. The summed E-state index contributed by atoms with van der Waals surface area (Å²) in [4.78, 5) is 11.6. The van der Waals surface area contributed by atoms with E-state index in [-0.39, 0.29) is 5.91 Å². The van der Waals surface area contributed by atoms with Crippen molar-refractivity contribution in [1.29, 1.82) is 0 Å². The largest absolute Gasteiger partial charge is 0.399 e. The molecule has 1 rings (SSSR count). The Morgan fingerprint density at radius 2 is 2.11 bits per heavy atom. The lowest BCUT2D eigenvalue weighted by molar-refractivity contribution is -0.117. The van der Waals surface area contributed by atoms with Crippen molar-refractivity contribution < 1.29 is 9.53 Å². The van der Waals surface area contributed by atoms with Crippen LogP contribution in [-0.4, -0.2) is 19.1 Å². The van der Waals surface area contributed by atoms with Gasteiger partial charge in [-0.2, -0.15) is 0 Å². The van der Waals surface area contributed by atoms with Crippen LogP contribution >= 0.6 is 0 Å². The van der Waals surface area contributed by atoms with Crippen molar-refractivity contribution in [1.82, 2.24) is 0 Å². The Morgan fingerprint density at radius 1 is 1.26 bits per heavy atom. The number of carbonyl (C=O) groups excluding carboxylic acids is 1. The van der Waals surface area contributed by atoms with Crippen LogP contribution in [0.5, 0.6) is 0 Å². The van der Waals surface area contributed by atoms with Gasteiger partial charge in [0.1, 0.15) is 0 Å². The van der Waals surface area contributed by atoms with Crippen molar-refractivity contribution in [2.24, 2.45) is 0 Å². The van der Waals surface area contributed by atoms with E-state index in [1.165, 1.54) is 19.3 Å². The van der Waals surface area contributed by atoms with E-state index in [1.54, 1.807) is 12.1 Å². The van der Waals surface area contributed by atoms with E-state index in [1.807, 2.05) is 12.1 Å². The summed E-state index contributed by atoms with van der Waals surface area (Å²) in [7, 11) is 0. The van der Waals surface area contributed by atoms with Crippen molar-refractivity contribution in [3.63, 3.8) is 0 Å². The van der Waals surface area contributed by atoms with Crippen molar-refractivity contribution in [2.45, 2.75) is 39.0 Å². The minimum absolute atomic E-state index is 0.0424. The average molecular weight is 264 g/mol. The molecular formula is C15H24N2O2. The molecule has 0 saturated carbocycles. The summed E-state index contributed by atoms with van der Waals surface area (Å²) >= 11 is 0. The van der Waals surface area contributed by atoms with E-state index < -0.39 is 0 Å². The number of benzene rings is 1. The molecule has 4 nitrogen and oxygen atoms in total. The number of hydrogen-bond donors (Lipinski definition) is 2. The molecule has 0 saturated heterocycles. The van der Waals surface area contributed by atoms with Crippen molar-refractivity contribution in [3.05, 3.63) is 24.3 Å². The Hall–Kier alpha value is -1.55. The molecule has 0 heterocycles. The van der Waals surface area contributed by atoms with Crippen LogP contribution < -0.4 is 11.1 Å². The molecule has 0 bridgehead atoms. The van der Waals surface area contributed by atoms with E-state index >= 15 is 0 Å². The molecule has 19 heavy (non-hydrogen) atoms. The van der Waals surface area contributed by atoms with Crippen molar-refractivity contribution in [3.8, 4) is 0 Å². The van der Waals surface area contributed by atoms with E-state index in [0.29, 0.717) is 18.7 Å². The van der Waals surface area contributed by atoms with Crippen molar-refractivity contribution >= 4 is 17.3 Å². The molecule has 0 aliphatic carbocycles. The molecule has 0 fully saturated rings. The molecule has 4 heteroatoms. The normalized spacial score (nSPS) is 10.4. The lowest BCUT2D eigenvalue weighted by atomic mass is 10.2. The third kappa shape index (κ3) is 7.47. The van der Waals surface area contributed by atoms with E-state index in [4.69, 9.17) is 10.5 Å². The Balaban J connectivity index is 2.08. The summed E-state index contributed by atoms with van der Waals surface area (Å²) in [6.07, 6.45) is 5.13. The Bertz CT molecular complexity index is 380. The molecule has 0 atom stereocenters. The summed E-state index contributed by atoms with van der Waals surface area (Å²) in [6, 6.07) is 7.16. The number of amides is 1. The first-order valence-corrected chi connectivity index (χ1v) is 6.95. The Kier molecular flexibility index (Phi) is 7.66. The molecule has 0 spiro atoms. The Labute approximate surface area is 115 Å². The highest BCUT2D eigenvalue weighted by Gasteiger charge is 2.02. The third-order valence-electron chi connectivity index (χ3n) is 2.79. The fourth-order valence-corrected chi connectivity index (χ4v) is 1.74. The first-order valence-electron chi connectivity index (χ1n) is 6.95. The maximum absolute atomic E-state index is 11.6. The zero-order chi connectivity index (χ0) is 13.9. The number of rotatable bonds is 9. The number of hydrogen-bond acceptors (Lipinski definition) is 3. The van der Waals surface area contributed by atoms with Crippen LogP contribution in [0, 0.1) is 0 Å². The molecule has 1 aromatic carbocycles. The molecule has 0 aliphatic rings. The standard InChI is InChI=1S/C15H24N2O2/c1-2-3-4-5-10-19-11-9-15(18)17-14-8-6-7-13(16)12-14/h6-8,12H,2-5,9-11,16H2,1H3,(H,17,18). The van der Waals surface area contributed by atoms with Crippen LogP contribution in [-0.2, 0) is 9.53 Å². The molecule has 0 aliphatic heterocycles. The lowest BCUT2D eigenvalue weighted by Gasteiger charge is -2.06. The average Bonchev–Trinajstić information content (AvgIpc) is 2.37. The zero-order valence-corrected chi connectivity index (χ0v) is 11.7. The van der Waals surface area contributed by atoms with Gasteiger partial charge in [-0.05, 0) is 24.6 Å². The minimum Gasteiger partial charge on any atom is -0.399 e. The third-order valence-corrected chi connectivity index (χ3v) is 2.79. The number of nitrogen functional groups attached to an aromatic ring is 1. The van der Waals surface area contributed by atoms with Gasteiger partial charge in [-0.15, -0.1) is 0 Å². The van der Waals surface area contributed by atoms with Crippen LogP contribution in [0.25, 0.3) is 0 Å². The maximum atomic E-state index is 11.6. The van der Waals surface area contributed by atoms with Gasteiger partial charge in [0.15, 0.2) is 0 Å². The van der Waals surface area contributed by atoms with Gasteiger partial charge in [0.25, 0.3) is 0 Å². The van der Waals surface area contributed by atoms with Gasteiger partial charge < -0.3 is 15.8 Å². The van der Waals surface area contributed by atoms with E-state index in [9.17, 15) is 4.79 Å².